The summed E-state index contributed by atoms with van der Waals surface area (Å²) in [6.45, 7) is 10.5. The number of para-hydroxylation sites is 1. The summed E-state index contributed by atoms with van der Waals surface area (Å²) in [5.41, 5.74) is -1.29. The zero-order valence-corrected chi connectivity index (χ0v) is 20.6. The van der Waals surface area contributed by atoms with Crippen molar-refractivity contribution in [3.8, 4) is 5.69 Å². The van der Waals surface area contributed by atoms with Gasteiger partial charge in [0.15, 0.2) is 0 Å². The molecular formula is C25H32N4O5. The van der Waals surface area contributed by atoms with Gasteiger partial charge in [-0.05, 0) is 45.7 Å². The number of imide groups is 1. The molecule has 2 aromatic rings. The second-order valence-corrected chi connectivity index (χ2v) is 10.6. The van der Waals surface area contributed by atoms with Crippen molar-refractivity contribution < 1.29 is 19.5 Å². The molecule has 2 aliphatic heterocycles. The van der Waals surface area contributed by atoms with Crippen molar-refractivity contribution in [2.24, 2.45) is 24.8 Å². The maximum Gasteiger partial charge on any atom is 0.325 e. The lowest BCUT2D eigenvalue weighted by molar-refractivity contribution is -0.155. The van der Waals surface area contributed by atoms with Gasteiger partial charge in [0.25, 0.3) is 5.56 Å². The Kier molecular flexibility index (Phi) is 5.39. The standard InChI is InChI=1S/C25H32N4O5/c1-13(2)25(23(33)34)18-17(20(30)28(22(18)32)24(4,5)6)19(26-25)16-14(3)27(7)29(21(16)31)15-11-9-8-10-12-15/h8-13,17-19,26H,1-7H3,(H,33,34). The Morgan fingerprint density at radius 3 is 2.18 bits per heavy atom. The molecule has 0 spiro atoms. The van der Waals surface area contributed by atoms with Crippen molar-refractivity contribution >= 4 is 17.8 Å². The molecule has 1 aromatic heterocycles. The fraction of sp³-hybridized carbons (Fsp3) is 0.520. The number of rotatable bonds is 4. The number of carbonyl (C=O) groups excluding carboxylic acids is 2. The van der Waals surface area contributed by atoms with E-state index in [4.69, 9.17) is 0 Å². The summed E-state index contributed by atoms with van der Waals surface area (Å²) in [5.74, 6) is -4.79. The number of fused-ring (bicyclic) bond motifs is 1. The average molecular weight is 469 g/mol. The maximum absolute atomic E-state index is 13.7. The fourth-order valence-electron chi connectivity index (χ4n) is 5.77. The number of aromatic nitrogens is 2. The van der Waals surface area contributed by atoms with E-state index in [0.29, 0.717) is 16.9 Å². The van der Waals surface area contributed by atoms with Gasteiger partial charge in [0.05, 0.1) is 29.1 Å². The van der Waals surface area contributed by atoms with Crippen LogP contribution in [0.25, 0.3) is 5.69 Å². The van der Waals surface area contributed by atoms with Crippen molar-refractivity contribution in [2.75, 3.05) is 0 Å². The minimum atomic E-state index is -1.69. The lowest BCUT2D eigenvalue weighted by Gasteiger charge is -2.37. The number of carboxylic acid groups (broad SMARTS) is 1. The fourth-order valence-corrected chi connectivity index (χ4v) is 5.77. The third kappa shape index (κ3) is 3.02. The quantitative estimate of drug-likeness (QED) is 0.664. The first-order valence-electron chi connectivity index (χ1n) is 11.5. The lowest BCUT2D eigenvalue weighted by Crippen LogP contribution is -2.60. The number of likely N-dealkylation sites (tertiary alicyclic amines) is 1. The predicted molar refractivity (Wildman–Crippen MR) is 125 cm³/mol. The molecule has 9 nitrogen and oxygen atoms in total. The van der Waals surface area contributed by atoms with Gasteiger partial charge in [0.2, 0.25) is 11.8 Å². The van der Waals surface area contributed by atoms with E-state index < -0.39 is 52.7 Å². The molecule has 9 heteroatoms. The lowest BCUT2D eigenvalue weighted by atomic mass is 9.73. The highest BCUT2D eigenvalue weighted by Gasteiger charge is 2.71. The Bertz CT molecular complexity index is 1240. The van der Waals surface area contributed by atoms with Gasteiger partial charge in [-0.25, -0.2) is 4.68 Å². The van der Waals surface area contributed by atoms with E-state index in [0.717, 1.165) is 0 Å². The van der Waals surface area contributed by atoms with E-state index in [1.165, 1.54) is 9.58 Å². The van der Waals surface area contributed by atoms with Crippen LogP contribution < -0.4 is 10.9 Å². The first kappa shape index (κ1) is 23.9. The largest absolute Gasteiger partial charge is 0.480 e. The highest BCUT2D eigenvalue weighted by Crippen LogP contribution is 2.52. The van der Waals surface area contributed by atoms with E-state index in [9.17, 15) is 24.3 Å². The van der Waals surface area contributed by atoms with Crippen LogP contribution in [-0.4, -0.2) is 48.2 Å². The molecule has 4 unspecified atom stereocenters. The van der Waals surface area contributed by atoms with E-state index >= 15 is 0 Å². The first-order valence-corrected chi connectivity index (χ1v) is 11.5. The highest BCUT2D eigenvalue weighted by atomic mass is 16.4. The highest BCUT2D eigenvalue weighted by molar-refractivity contribution is 6.10. The Morgan fingerprint density at radius 1 is 1.09 bits per heavy atom. The molecule has 4 atom stereocenters. The van der Waals surface area contributed by atoms with Crippen LogP contribution in [0.2, 0.25) is 0 Å². The van der Waals surface area contributed by atoms with Crippen LogP contribution in [0.15, 0.2) is 35.1 Å². The van der Waals surface area contributed by atoms with Gasteiger partial charge in [-0.15, -0.1) is 0 Å². The number of benzene rings is 1. The molecular weight excluding hydrogens is 436 g/mol. The monoisotopic (exact) mass is 468 g/mol. The van der Waals surface area contributed by atoms with Crippen molar-refractivity contribution in [3.05, 3.63) is 51.9 Å². The van der Waals surface area contributed by atoms with Crippen LogP contribution in [-0.2, 0) is 21.4 Å². The Hall–Kier alpha value is -3.20. The third-order valence-electron chi connectivity index (χ3n) is 7.44. The van der Waals surface area contributed by atoms with E-state index in [-0.39, 0.29) is 5.56 Å². The Labute approximate surface area is 198 Å². The zero-order valence-electron chi connectivity index (χ0n) is 20.6. The van der Waals surface area contributed by atoms with Gasteiger partial charge < -0.3 is 5.11 Å². The molecule has 0 aliphatic carbocycles. The van der Waals surface area contributed by atoms with E-state index in [2.05, 4.69) is 5.32 Å². The van der Waals surface area contributed by atoms with Gasteiger partial charge in [0.1, 0.15) is 5.54 Å². The molecule has 2 aliphatic rings. The van der Waals surface area contributed by atoms with Crippen molar-refractivity contribution in [3.63, 3.8) is 0 Å². The van der Waals surface area contributed by atoms with Gasteiger partial charge in [0, 0.05) is 18.3 Å². The first-order chi connectivity index (χ1) is 15.8. The predicted octanol–water partition coefficient (Wildman–Crippen LogP) is 2.01. The number of carbonyl (C=O) groups is 3. The summed E-state index contributed by atoms with van der Waals surface area (Å²) >= 11 is 0. The smallest absolute Gasteiger partial charge is 0.325 e. The molecule has 34 heavy (non-hydrogen) atoms. The van der Waals surface area contributed by atoms with Crippen LogP contribution in [0.4, 0.5) is 0 Å². The second kappa shape index (κ2) is 7.66. The average Bonchev–Trinajstić information content (AvgIpc) is 3.30. The van der Waals surface area contributed by atoms with E-state index in [1.54, 1.807) is 65.4 Å². The summed E-state index contributed by atoms with van der Waals surface area (Å²) in [6, 6.07) is 8.18. The van der Waals surface area contributed by atoms with Crippen molar-refractivity contribution in [1.29, 1.82) is 0 Å². The Morgan fingerprint density at radius 2 is 1.68 bits per heavy atom. The number of hydrogen-bond donors (Lipinski definition) is 2. The zero-order chi connectivity index (χ0) is 25.3. The molecule has 0 saturated carbocycles. The topological polar surface area (TPSA) is 114 Å². The number of nitrogens with zero attached hydrogens (tertiary/aromatic N) is 3. The van der Waals surface area contributed by atoms with Crippen molar-refractivity contribution in [1.82, 2.24) is 19.6 Å². The molecule has 3 heterocycles. The van der Waals surface area contributed by atoms with Gasteiger partial charge in [-0.2, -0.15) is 0 Å². The SMILES string of the molecule is Cc1c(C2NC(C(=O)O)(C(C)C)C3C(=O)N(C(C)(C)C)C(=O)C23)c(=O)n(-c2ccccc2)n1C. The third-order valence-corrected chi connectivity index (χ3v) is 7.44. The molecule has 0 bridgehead atoms. The van der Waals surface area contributed by atoms with Crippen molar-refractivity contribution in [2.45, 2.75) is 58.7 Å². The second-order valence-electron chi connectivity index (χ2n) is 10.6. The maximum atomic E-state index is 13.7. The number of nitrogens with one attached hydrogen (secondary N) is 1. The molecule has 2 N–H and O–H groups in total. The minimum absolute atomic E-state index is 0.307. The summed E-state index contributed by atoms with van der Waals surface area (Å²) in [6.07, 6.45) is 0. The summed E-state index contributed by atoms with van der Waals surface area (Å²) in [5, 5.41) is 13.5. The van der Waals surface area contributed by atoms with Crippen LogP contribution in [0.5, 0.6) is 0 Å². The normalized spacial score (nSPS) is 27.1. The van der Waals surface area contributed by atoms with Gasteiger partial charge in [-0.3, -0.25) is 34.1 Å². The molecule has 0 radical (unpaired) electrons. The van der Waals surface area contributed by atoms with Crippen LogP contribution in [0, 0.1) is 24.7 Å². The molecule has 2 amide bonds. The van der Waals surface area contributed by atoms with Gasteiger partial charge in [-0.1, -0.05) is 32.0 Å². The molecule has 2 saturated heterocycles. The molecule has 4 rings (SSSR count). The molecule has 1 aromatic carbocycles. The summed E-state index contributed by atoms with van der Waals surface area (Å²) in [7, 11) is 1.75. The molecule has 2 fully saturated rings. The van der Waals surface area contributed by atoms with Crippen LogP contribution in [0.3, 0.4) is 0 Å². The van der Waals surface area contributed by atoms with Gasteiger partial charge >= 0.3 is 5.97 Å². The summed E-state index contributed by atoms with van der Waals surface area (Å²) in [4.78, 5) is 55.0. The minimum Gasteiger partial charge on any atom is -0.480 e. The van der Waals surface area contributed by atoms with Crippen LogP contribution >= 0.6 is 0 Å². The Balaban J connectivity index is 1.97. The van der Waals surface area contributed by atoms with Crippen LogP contribution in [0.1, 0.15) is 51.9 Å². The number of hydrogen-bond acceptors (Lipinski definition) is 5. The summed E-state index contributed by atoms with van der Waals surface area (Å²) < 4.78 is 3.20. The number of aliphatic carboxylic acids is 1. The number of amides is 2. The number of carboxylic acids is 1. The molecule has 182 valence electrons. The van der Waals surface area contributed by atoms with E-state index in [1.807, 2.05) is 18.2 Å².